The van der Waals surface area contributed by atoms with Crippen LogP contribution >= 0.6 is 11.6 Å². The third kappa shape index (κ3) is 3.23. The maximum absolute atomic E-state index is 12.1. The molecule has 0 fully saturated rings. The van der Waals surface area contributed by atoms with Crippen molar-refractivity contribution in [3.63, 3.8) is 0 Å². The van der Waals surface area contributed by atoms with E-state index in [-0.39, 0.29) is 17.3 Å². The van der Waals surface area contributed by atoms with Crippen LogP contribution < -0.4 is 10.5 Å². The van der Waals surface area contributed by atoms with E-state index in [0.717, 1.165) is 0 Å². The first-order chi connectivity index (χ1) is 9.03. The van der Waals surface area contributed by atoms with E-state index in [2.05, 4.69) is 9.71 Å². The summed E-state index contributed by atoms with van der Waals surface area (Å²) >= 11 is 5.95. The van der Waals surface area contributed by atoms with Gasteiger partial charge in [-0.15, -0.1) is 0 Å². The summed E-state index contributed by atoms with van der Waals surface area (Å²) in [5, 5.41) is 0.325. The first kappa shape index (κ1) is 13.8. The van der Waals surface area contributed by atoms with Crippen LogP contribution in [0.2, 0.25) is 5.02 Å². The molecule has 0 saturated heterocycles. The lowest BCUT2D eigenvalue weighted by atomic mass is 10.2. The third-order valence-electron chi connectivity index (χ3n) is 2.46. The van der Waals surface area contributed by atoms with E-state index < -0.39 is 10.0 Å². The Morgan fingerprint density at radius 1 is 1.26 bits per heavy atom. The lowest BCUT2D eigenvalue weighted by molar-refractivity contribution is 0.601. The molecule has 0 atom stereocenters. The van der Waals surface area contributed by atoms with Crippen molar-refractivity contribution in [1.29, 1.82) is 0 Å². The number of sulfonamides is 1. The average Bonchev–Trinajstić information content (AvgIpc) is 2.39. The van der Waals surface area contributed by atoms with Gasteiger partial charge in [0.1, 0.15) is 5.82 Å². The predicted molar refractivity (Wildman–Crippen MR) is 74.4 cm³/mol. The highest BCUT2D eigenvalue weighted by molar-refractivity contribution is 7.92. The van der Waals surface area contributed by atoms with E-state index in [1.807, 2.05) is 0 Å². The highest BCUT2D eigenvalue weighted by Crippen LogP contribution is 2.21. The number of benzene rings is 1. The van der Waals surface area contributed by atoms with Crippen LogP contribution in [0.15, 0.2) is 47.5 Å². The van der Waals surface area contributed by atoms with E-state index in [1.54, 1.807) is 24.3 Å². The largest absolute Gasteiger partial charge is 0.326 e. The first-order valence-electron chi connectivity index (χ1n) is 5.45. The van der Waals surface area contributed by atoms with Crippen molar-refractivity contribution in [2.24, 2.45) is 5.73 Å². The van der Waals surface area contributed by atoms with E-state index in [0.29, 0.717) is 10.6 Å². The van der Waals surface area contributed by atoms with E-state index >= 15 is 0 Å². The van der Waals surface area contributed by atoms with Gasteiger partial charge in [0.05, 0.1) is 4.90 Å². The number of nitrogens with one attached hydrogen (secondary N) is 1. The standard InChI is InChI=1S/C12H12ClN3O2S/c13-11-7-10(5-4-9(11)8-14)19(17,18)16-12-3-1-2-6-15-12/h1-7H,8,14H2,(H,15,16). The fourth-order valence-electron chi connectivity index (χ4n) is 1.48. The molecule has 100 valence electrons. The van der Waals surface area contributed by atoms with Gasteiger partial charge in [-0.25, -0.2) is 13.4 Å². The lowest BCUT2D eigenvalue weighted by Gasteiger charge is -2.08. The molecule has 0 saturated carbocycles. The van der Waals surface area contributed by atoms with Gasteiger partial charge in [-0.05, 0) is 29.8 Å². The van der Waals surface area contributed by atoms with Gasteiger partial charge in [-0.1, -0.05) is 23.7 Å². The summed E-state index contributed by atoms with van der Waals surface area (Å²) in [7, 11) is -3.70. The number of nitrogens with zero attached hydrogens (tertiary/aromatic N) is 1. The van der Waals surface area contributed by atoms with Crippen molar-refractivity contribution < 1.29 is 8.42 Å². The van der Waals surface area contributed by atoms with Crippen LogP contribution in [0.25, 0.3) is 0 Å². The van der Waals surface area contributed by atoms with Gasteiger partial charge in [0.2, 0.25) is 0 Å². The molecule has 2 rings (SSSR count). The van der Waals surface area contributed by atoms with Gasteiger partial charge in [-0.3, -0.25) is 4.72 Å². The monoisotopic (exact) mass is 297 g/mol. The van der Waals surface area contributed by atoms with Crippen LogP contribution in [-0.4, -0.2) is 13.4 Å². The van der Waals surface area contributed by atoms with Gasteiger partial charge in [0.15, 0.2) is 0 Å². The molecule has 0 radical (unpaired) electrons. The molecular formula is C12H12ClN3O2S. The van der Waals surface area contributed by atoms with E-state index in [9.17, 15) is 8.42 Å². The van der Waals surface area contributed by atoms with Gasteiger partial charge >= 0.3 is 0 Å². The predicted octanol–water partition coefficient (Wildman–Crippen LogP) is 1.99. The Morgan fingerprint density at radius 2 is 2.05 bits per heavy atom. The van der Waals surface area contributed by atoms with Crippen molar-refractivity contribution >= 4 is 27.4 Å². The van der Waals surface area contributed by atoms with E-state index in [4.69, 9.17) is 17.3 Å². The molecule has 0 spiro atoms. The minimum atomic E-state index is -3.70. The molecule has 1 aromatic carbocycles. The molecule has 1 heterocycles. The Morgan fingerprint density at radius 3 is 2.63 bits per heavy atom. The van der Waals surface area contributed by atoms with Crippen molar-refractivity contribution in [1.82, 2.24) is 4.98 Å². The summed E-state index contributed by atoms with van der Waals surface area (Å²) in [6.45, 7) is 0.257. The topological polar surface area (TPSA) is 85.1 Å². The zero-order valence-corrected chi connectivity index (χ0v) is 11.4. The van der Waals surface area contributed by atoms with Crippen molar-refractivity contribution in [3.05, 3.63) is 53.2 Å². The van der Waals surface area contributed by atoms with Crippen molar-refractivity contribution in [3.8, 4) is 0 Å². The fourth-order valence-corrected chi connectivity index (χ4v) is 2.84. The van der Waals surface area contributed by atoms with Crippen LogP contribution in [0.5, 0.6) is 0 Å². The van der Waals surface area contributed by atoms with Crippen LogP contribution in [0.1, 0.15) is 5.56 Å². The number of aromatic nitrogens is 1. The molecular weight excluding hydrogens is 286 g/mol. The number of pyridine rings is 1. The number of halogens is 1. The van der Waals surface area contributed by atoms with E-state index in [1.165, 1.54) is 18.3 Å². The van der Waals surface area contributed by atoms with Gasteiger partial charge in [0.25, 0.3) is 10.0 Å². The number of rotatable bonds is 4. The molecule has 0 aliphatic carbocycles. The smallest absolute Gasteiger partial charge is 0.263 e. The van der Waals surface area contributed by atoms with Gasteiger partial charge in [0, 0.05) is 17.8 Å². The molecule has 0 amide bonds. The van der Waals surface area contributed by atoms with Crippen LogP contribution in [0, 0.1) is 0 Å². The Bertz CT molecular complexity index is 675. The molecule has 0 bridgehead atoms. The first-order valence-corrected chi connectivity index (χ1v) is 7.31. The molecule has 5 nitrogen and oxygen atoms in total. The maximum atomic E-state index is 12.1. The summed E-state index contributed by atoms with van der Waals surface area (Å²) in [5.74, 6) is 0.251. The third-order valence-corrected chi connectivity index (χ3v) is 4.16. The molecule has 2 aromatic rings. The Labute approximate surface area is 116 Å². The summed E-state index contributed by atoms with van der Waals surface area (Å²) < 4.78 is 26.6. The Balaban J connectivity index is 2.32. The van der Waals surface area contributed by atoms with Crippen LogP contribution in [0.4, 0.5) is 5.82 Å². The minimum Gasteiger partial charge on any atom is -0.326 e. The second kappa shape index (κ2) is 5.56. The summed E-state index contributed by atoms with van der Waals surface area (Å²) in [5.41, 5.74) is 6.17. The maximum Gasteiger partial charge on any atom is 0.263 e. The number of hydrogen-bond donors (Lipinski definition) is 2. The van der Waals surface area contributed by atoms with Crippen molar-refractivity contribution in [2.75, 3.05) is 4.72 Å². The molecule has 7 heteroatoms. The SMILES string of the molecule is NCc1ccc(S(=O)(=O)Nc2ccccn2)cc1Cl. The highest BCUT2D eigenvalue weighted by Gasteiger charge is 2.16. The lowest BCUT2D eigenvalue weighted by Crippen LogP contribution is -2.14. The van der Waals surface area contributed by atoms with Gasteiger partial charge < -0.3 is 5.73 Å². The number of nitrogens with two attached hydrogens (primary N) is 1. The van der Waals surface area contributed by atoms with Gasteiger partial charge in [-0.2, -0.15) is 0 Å². The quantitative estimate of drug-likeness (QED) is 0.904. The molecule has 19 heavy (non-hydrogen) atoms. The normalized spacial score (nSPS) is 11.3. The Hall–Kier alpha value is -1.63. The van der Waals surface area contributed by atoms with Crippen molar-refractivity contribution in [2.45, 2.75) is 11.4 Å². The summed E-state index contributed by atoms with van der Waals surface area (Å²) in [4.78, 5) is 3.97. The molecule has 3 N–H and O–H groups in total. The average molecular weight is 298 g/mol. The second-order valence-corrected chi connectivity index (χ2v) is 5.87. The molecule has 0 aliphatic rings. The number of anilines is 1. The fraction of sp³-hybridized carbons (Fsp3) is 0.0833. The molecule has 0 aliphatic heterocycles. The number of hydrogen-bond acceptors (Lipinski definition) is 4. The van der Waals surface area contributed by atoms with Crippen LogP contribution in [-0.2, 0) is 16.6 Å². The highest BCUT2D eigenvalue weighted by atomic mass is 35.5. The summed E-state index contributed by atoms with van der Waals surface area (Å²) in [6, 6.07) is 9.37. The zero-order chi connectivity index (χ0) is 13.9. The van der Waals surface area contributed by atoms with Crippen LogP contribution in [0.3, 0.4) is 0 Å². The molecule has 0 unspecified atom stereocenters. The molecule has 1 aromatic heterocycles. The second-order valence-electron chi connectivity index (χ2n) is 3.78. The Kier molecular flexibility index (Phi) is 4.04. The minimum absolute atomic E-state index is 0.0698. The zero-order valence-electron chi connectivity index (χ0n) is 9.88. The summed E-state index contributed by atoms with van der Waals surface area (Å²) in [6.07, 6.45) is 1.50.